The first-order valence-corrected chi connectivity index (χ1v) is 21.8. The molecule has 0 aliphatic rings. The molecule has 10 rings (SSSR count). The second-order valence-electron chi connectivity index (χ2n) is 13.8. The third-order valence-corrected chi connectivity index (χ3v) is 7.92. The summed E-state index contributed by atoms with van der Waals surface area (Å²) < 4.78 is 0. The van der Waals surface area contributed by atoms with Gasteiger partial charge in [0.2, 0.25) is 0 Å². The summed E-state index contributed by atoms with van der Waals surface area (Å²) in [6, 6.07) is 85.7. The summed E-state index contributed by atoms with van der Waals surface area (Å²) in [6.07, 6.45) is 0. The number of hydrogen-bond acceptors (Lipinski definition) is 10. The van der Waals surface area contributed by atoms with E-state index < -0.39 is 0 Å². The van der Waals surface area contributed by atoms with Gasteiger partial charge in [0.1, 0.15) is 57.5 Å². The Balaban J connectivity index is 0.000000395. The van der Waals surface area contributed by atoms with E-state index in [4.69, 9.17) is 51.1 Å². The van der Waals surface area contributed by atoms with Gasteiger partial charge in [-0.05, 0) is 128 Å². The Morgan fingerprint density at radius 2 is 0.268 bits per heavy atom. The zero-order valence-electron chi connectivity index (χ0n) is 39.3. The fraction of sp³-hybridized carbons (Fsp3) is 0.0164. The summed E-state index contributed by atoms with van der Waals surface area (Å²) >= 11 is 0. The average Bonchev–Trinajstić information content (AvgIpc) is 3.39. The molecule has 0 fully saturated rings. The molecule has 71 heavy (non-hydrogen) atoms. The summed E-state index contributed by atoms with van der Waals surface area (Å²) in [5, 5.41) is 86.6. The Morgan fingerprint density at radius 1 is 0.155 bits per heavy atom. The molecule has 0 saturated carbocycles. The summed E-state index contributed by atoms with van der Waals surface area (Å²) in [4.78, 5) is 0. The standard InChI is InChI=1S/C7H8O.9C6H6O/c1-6-4-2-3-5-7(6)8;9*7-6-4-2-1-3-5-6/h2-5,8H,1H3;9*1-5,7H. The molecule has 0 aliphatic heterocycles. The highest BCUT2D eigenvalue weighted by molar-refractivity contribution is 5.30. The number of benzene rings is 10. The third-order valence-electron chi connectivity index (χ3n) is 7.92. The van der Waals surface area contributed by atoms with Gasteiger partial charge in [-0.2, -0.15) is 0 Å². The lowest BCUT2D eigenvalue weighted by molar-refractivity contribution is 0.471. The number of aromatic hydroxyl groups is 10. The molecule has 0 heterocycles. The summed E-state index contributed by atoms with van der Waals surface area (Å²) in [5.41, 5.74) is 0.924. The lowest BCUT2D eigenvalue weighted by Gasteiger charge is -1.92. The molecule has 0 bridgehead atoms. The van der Waals surface area contributed by atoms with Crippen molar-refractivity contribution in [3.8, 4) is 57.5 Å². The van der Waals surface area contributed by atoms with Crippen LogP contribution in [0, 0.1) is 6.92 Å². The van der Waals surface area contributed by atoms with Gasteiger partial charge in [0, 0.05) is 0 Å². The monoisotopic (exact) mass is 954 g/mol. The molecule has 10 aromatic rings. The Morgan fingerprint density at radius 3 is 0.338 bits per heavy atom. The molecule has 10 nitrogen and oxygen atoms in total. The first kappa shape index (κ1) is 59.2. The SMILES string of the molecule is Cc1ccccc1O.Oc1ccccc1.Oc1ccccc1.Oc1ccccc1.Oc1ccccc1.Oc1ccccc1.Oc1ccccc1.Oc1ccccc1.Oc1ccccc1.Oc1ccccc1. The van der Waals surface area contributed by atoms with E-state index in [9.17, 15) is 0 Å². The molecule has 0 aromatic heterocycles. The lowest BCUT2D eigenvalue weighted by Crippen LogP contribution is -1.68. The van der Waals surface area contributed by atoms with Crippen molar-refractivity contribution in [1.29, 1.82) is 0 Å². The van der Waals surface area contributed by atoms with Crippen LogP contribution in [0.1, 0.15) is 5.56 Å². The van der Waals surface area contributed by atoms with Crippen LogP contribution < -0.4 is 0 Å². The first-order valence-electron chi connectivity index (χ1n) is 21.8. The third kappa shape index (κ3) is 38.1. The van der Waals surface area contributed by atoms with Crippen molar-refractivity contribution in [2.75, 3.05) is 0 Å². The van der Waals surface area contributed by atoms with E-state index in [1.807, 2.05) is 79.7 Å². The number of rotatable bonds is 0. The van der Waals surface area contributed by atoms with Crippen LogP contribution in [0.25, 0.3) is 0 Å². The number of phenols is 10. The fourth-order valence-electron chi connectivity index (χ4n) is 4.42. The van der Waals surface area contributed by atoms with E-state index in [1.54, 1.807) is 224 Å². The highest BCUT2D eigenvalue weighted by atomic mass is 16.3. The minimum absolute atomic E-state index is 0.322. The van der Waals surface area contributed by atoms with E-state index in [-0.39, 0.29) is 0 Å². The van der Waals surface area contributed by atoms with Gasteiger partial charge in [-0.1, -0.05) is 182 Å². The highest BCUT2D eigenvalue weighted by Gasteiger charge is 1.87. The summed E-state index contributed by atoms with van der Waals surface area (Å²) in [5.74, 6) is 3.26. The molecule has 0 unspecified atom stereocenters. The molecule has 0 saturated heterocycles. The van der Waals surface area contributed by atoms with Crippen LogP contribution in [-0.2, 0) is 0 Å². The van der Waals surface area contributed by atoms with E-state index in [2.05, 4.69) is 0 Å². The molecular weight excluding hydrogens is 893 g/mol. The van der Waals surface area contributed by atoms with Gasteiger partial charge in [0.15, 0.2) is 0 Å². The quantitative estimate of drug-likeness (QED) is 0.0697. The van der Waals surface area contributed by atoms with Crippen molar-refractivity contribution < 1.29 is 51.1 Å². The molecule has 10 aromatic carbocycles. The predicted molar refractivity (Wildman–Crippen MR) is 286 cm³/mol. The van der Waals surface area contributed by atoms with E-state index in [0.717, 1.165) is 5.56 Å². The van der Waals surface area contributed by atoms with Crippen LogP contribution in [0.5, 0.6) is 57.5 Å². The zero-order valence-corrected chi connectivity index (χ0v) is 39.3. The lowest BCUT2D eigenvalue weighted by atomic mass is 10.2. The Bertz CT molecular complexity index is 2100. The fourth-order valence-corrected chi connectivity index (χ4v) is 4.42. The van der Waals surface area contributed by atoms with Crippen LogP contribution in [0.3, 0.4) is 0 Å². The van der Waals surface area contributed by atoms with Gasteiger partial charge in [-0.3, -0.25) is 0 Å². The van der Waals surface area contributed by atoms with Gasteiger partial charge >= 0.3 is 0 Å². The minimum atomic E-state index is 0.322. The maximum absolute atomic E-state index is 8.92. The number of hydrogen-bond donors (Lipinski definition) is 10. The number of aryl methyl sites for hydroxylation is 1. The normalized spacial score (nSPS) is 8.63. The zero-order chi connectivity index (χ0) is 52.0. The van der Waals surface area contributed by atoms with Crippen LogP contribution in [0.4, 0.5) is 0 Å². The van der Waals surface area contributed by atoms with Crippen LogP contribution in [0.2, 0.25) is 0 Å². The second-order valence-corrected chi connectivity index (χ2v) is 13.8. The van der Waals surface area contributed by atoms with Crippen LogP contribution >= 0.6 is 0 Å². The maximum Gasteiger partial charge on any atom is 0.118 e. The van der Waals surface area contributed by atoms with E-state index in [1.165, 1.54) is 0 Å². The topological polar surface area (TPSA) is 202 Å². The van der Waals surface area contributed by atoms with Crippen LogP contribution in [0.15, 0.2) is 297 Å². The molecule has 0 amide bonds. The van der Waals surface area contributed by atoms with Crippen molar-refractivity contribution in [3.05, 3.63) is 303 Å². The van der Waals surface area contributed by atoms with Gasteiger partial charge < -0.3 is 51.1 Å². The van der Waals surface area contributed by atoms with Gasteiger partial charge in [-0.25, -0.2) is 0 Å². The molecule has 366 valence electrons. The van der Waals surface area contributed by atoms with Gasteiger partial charge in [0.25, 0.3) is 0 Å². The van der Waals surface area contributed by atoms with Gasteiger partial charge in [0.05, 0.1) is 0 Å². The highest BCUT2D eigenvalue weighted by Crippen LogP contribution is 2.12. The molecule has 0 radical (unpaired) electrons. The van der Waals surface area contributed by atoms with Gasteiger partial charge in [-0.15, -0.1) is 0 Å². The minimum Gasteiger partial charge on any atom is -0.508 e. The van der Waals surface area contributed by atoms with Crippen molar-refractivity contribution in [3.63, 3.8) is 0 Å². The second kappa shape index (κ2) is 40.5. The first-order chi connectivity index (χ1) is 34.3. The Hall–Kier alpha value is -9.80. The van der Waals surface area contributed by atoms with Crippen molar-refractivity contribution >= 4 is 0 Å². The summed E-state index contributed by atoms with van der Waals surface area (Å²) in [7, 11) is 0. The number of phenolic OH excluding ortho intramolecular Hbond substituents is 10. The Labute approximate surface area is 416 Å². The molecule has 0 spiro atoms. The average molecular weight is 955 g/mol. The number of para-hydroxylation sites is 10. The maximum atomic E-state index is 8.92. The largest absolute Gasteiger partial charge is 0.508 e. The van der Waals surface area contributed by atoms with Crippen molar-refractivity contribution in [2.45, 2.75) is 6.92 Å². The molecule has 10 heteroatoms. The van der Waals surface area contributed by atoms with Crippen molar-refractivity contribution in [2.24, 2.45) is 0 Å². The van der Waals surface area contributed by atoms with Crippen LogP contribution in [-0.4, -0.2) is 51.1 Å². The summed E-state index contributed by atoms with van der Waals surface area (Å²) in [6.45, 7) is 1.87. The van der Waals surface area contributed by atoms with Crippen molar-refractivity contribution in [1.82, 2.24) is 0 Å². The molecule has 10 N–H and O–H groups in total. The van der Waals surface area contributed by atoms with E-state index in [0.29, 0.717) is 57.5 Å². The smallest absolute Gasteiger partial charge is 0.118 e. The molecule has 0 aliphatic carbocycles. The molecule has 0 atom stereocenters. The van der Waals surface area contributed by atoms with E-state index >= 15 is 0 Å². The molecular formula is C61H62O10. The predicted octanol–water partition coefficient (Wildman–Crippen LogP) is 14.2. The Kier molecular flexibility index (Phi) is 33.8.